The number of hydrogen-bond donors (Lipinski definition) is 4. The molecule has 0 fully saturated rings. The van der Waals surface area contributed by atoms with Gasteiger partial charge in [0.2, 0.25) is 0 Å². The van der Waals surface area contributed by atoms with Crippen LogP contribution in [0.4, 0.5) is 11.4 Å². The van der Waals surface area contributed by atoms with Crippen LogP contribution in [0.25, 0.3) is 0 Å². The second kappa shape index (κ2) is 13.5. The number of nitro benzene ring substituents is 2. The third-order valence-electron chi connectivity index (χ3n) is 5.27. The summed E-state index contributed by atoms with van der Waals surface area (Å²) in [6.07, 6.45) is 0. The van der Waals surface area contributed by atoms with Crippen LogP contribution in [0, 0.1) is 20.2 Å². The number of non-ortho nitro benzene ring substituents is 2. The first-order valence-electron chi connectivity index (χ1n) is 11.1. The van der Waals surface area contributed by atoms with Crippen molar-refractivity contribution in [2.24, 2.45) is 0 Å². The molecule has 0 aliphatic carbocycles. The molecule has 40 heavy (non-hydrogen) atoms. The van der Waals surface area contributed by atoms with E-state index in [0.29, 0.717) is 5.56 Å². The number of nitrogens with zero attached hydrogens (tertiary/aromatic N) is 2. The number of carboxylic acid groups (broad SMARTS) is 2. The summed E-state index contributed by atoms with van der Waals surface area (Å²) < 4.78 is 0. The molecule has 0 aromatic heterocycles. The van der Waals surface area contributed by atoms with Gasteiger partial charge in [0.05, 0.1) is 33.1 Å². The van der Waals surface area contributed by atoms with Crippen molar-refractivity contribution in [2.45, 2.75) is 19.7 Å². The molecule has 0 aliphatic heterocycles. The molecule has 4 N–H and O–H groups in total. The second-order valence-electron chi connectivity index (χ2n) is 7.89. The zero-order chi connectivity index (χ0) is 29.2. The van der Waals surface area contributed by atoms with Crippen LogP contribution in [0.5, 0.6) is 0 Å². The van der Waals surface area contributed by atoms with Gasteiger partial charge in [-0.1, -0.05) is 24.3 Å². The van der Waals surface area contributed by atoms with Crippen LogP contribution in [0.3, 0.4) is 0 Å². The number of benzene rings is 3. The van der Waals surface area contributed by atoms with Crippen LogP contribution in [-0.4, -0.2) is 38.0 Å². The Morgan fingerprint density at radius 3 is 1.80 bits per heavy atom. The molecular formula is C24H20N4O12. The fraction of sp³-hybridized carbons (Fsp3) is 0.125. The first kappa shape index (κ1) is 29.3. The molecule has 0 bridgehead atoms. The predicted octanol–water partition coefficient (Wildman–Crippen LogP) is 2.91. The Bertz CT molecular complexity index is 1440. The van der Waals surface area contributed by atoms with Crippen LogP contribution in [0.15, 0.2) is 60.7 Å². The first-order valence-corrected chi connectivity index (χ1v) is 11.1. The van der Waals surface area contributed by atoms with Gasteiger partial charge in [-0.2, -0.15) is 5.48 Å². The largest absolute Gasteiger partial charge is 0.478 e. The number of carbonyl (C=O) groups excluding carboxylic acids is 1. The SMILES string of the molecule is O=C(O)c1cc([N+](=O)[O-])ccc1COONCc1ccc(CNOC(=O)c2ccc([N+](=O)[O-])cc2C(=O)O)cc1. The molecular weight excluding hydrogens is 536 g/mol. The Labute approximate surface area is 223 Å². The lowest BCUT2D eigenvalue weighted by Gasteiger charge is -2.09. The van der Waals surface area contributed by atoms with E-state index in [2.05, 4.69) is 11.0 Å². The maximum absolute atomic E-state index is 12.2. The Morgan fingerprint density at radius 2 is 1.25 bits per heavy atom. The van der Waals surface area contributed by atoms with E-state index in [1.165, 1.54) is 6.07 Å². The number of rotatable bonds is 14. The number of nitrogens with one attached hydrogen (secondary N) is 2. The molecule has 16 nitrogen and oxygen atoms in total. The van der Waals surface area contributed by atoms with E-state index >= 15 is 0 Å². The first-order chi connectivity index (χ1) is 19.1. The summed E-state index contributed by atoms with van der Waals surface area (Å²) >= 11 is 0. The highest BCUT2D eigenvalue weighted by Crippen LogP contribution is 2.20. The summed E-state index contributed by atoms with van der Waals surface area (Å²) in [5.74, 6) is -3.91. The molecule has 0 atom stereocenters. The van der Waals surface area contributed by atoms with Gasteiger partial charge < -0.3 is 15.1 Å². The van der Waals surface area contributed by atoms with Crippen molar-refractivity contribution in [1.29, 1.82) is 0 Å². The van der Waals surface area contributed by atoms with Gasteiger partial charge in [0.15, 0.2) is 0 Å². The minimum atomic E-state index is -1.52. The average molecular weight is 556 g/mol. The molecule has 0 saturated carbocycles. The van der Waals surface area contributed by atoms with Crippen LogP contribution >= 0.6 is 0 Å². The number of aromatic carboxylic acids is 2. The number of hydrogen-bond acceptors (Lipinski definition) is 12. The van der Waals surface area contributed by atoms with Gasteiger partial charge in [-0.3, -0.25) is 20.2 Å². The highest BCUT2D eigenvalue weighted by Gasteiger charge is 2.22. The monoisotopic (exact) mass is 556 g/mol. The van der Waals surface area contributed by atoms with E-state index in [9.17, 15) is 44.8 Å². The van der Waals surface area contributed by atoms with E-state index in [1.807, 2.05) is 0 Å². The molecule has 3 rings (SSSR count). The summed E-state index contributed by atoms with van der Waals surface area (Å²) in [5.41, 5.74) is 4.47. The molecule has 16 heteroatoms. The molecule has 0 spiro atoms. The van der Waals surface area contributed by atoms with Crippen LogP contribution < -0.4 is 11.0 Å². The molecule has 0 saturated heterocycles. The fourth-order valence-electron chi connectivity index (χ4n) is 3.27. The Hall–Kier alpha value is -5.29. The average Bonchev–Trinajstić information content (AvgIpc) is 2.93. The van der Waals surface area contributed by atoms with Crippen molar-refractivity contribution >= 4 is 29.3 Å². The van der Waals surface area contributed by atoms with E-state index in [0.717, 1.165) is 35.9 Å². The Balaban J connectivity index is 1.43. The Kier molecular flexibility index (Phi) is 9.87. The van der Waals surface area contributed by atoms with Gasteiger partial charge in [-0.15, -0.1) is 10.5 Å². The minimum absolute atomic E-state index is 0.0651. The molecule has 3 aromatic carbocycles. The zero-order valence-electron chi connectivity index (χ0n) is 20.3. The third-order valence-corrected chi connectivity index (χ3v) is 5.27. The van der Waals surface area contributed by atoms with E-state index in [-0.39, 0.29) is 42.1 Å². The minimum Gasteiger partial charge on any atom is -0.478 e. The van der Waals surface area contributed by atoms with Crippen LogP contribution in [0.1, 0.15) is 47.8 Å². The second-order valence-corrected chi connectivity index (χ2v) is 7.89. The number of carboxylic acids is 2. The smallest absolute Gasteiger partial charge is 0.357 e. The highest BCUT2D eigenvalue weighted by molar-refractivity contribution is 6.02. The molecule has 0 aliphatic rings. The summed E-state index contributed by atoms with van der Waals surface area (Å²) in [6.45, 7) is -0.0355. The normalized spacial score (nSPS) is 10.6. The van der Waals surface area contributed by atoms with Crippen molar-refractivity contribution in [3.05, 3.63) is 114 Å². The number of nitro groups is 2. The molecule has 0 heterocycles. The third kappa shape index (κ3) is 7.85. The van der Waals surface area contributed by atoms with Gasteiger partial charge in [-0.25, -0.2) is 19.3 Å². The van der Waals surface area contributed by atoms with Gasteiger partial charge in [0, 0.05) is 30.8 Å². The lowest BCUT2D eigenvalue weighted by Crippen LogP contribution is -2.21. The van der Waals surface area contributed by atoms with E-state index < -0.39 is 39.0 Å². The summed E-state index contributed by atoms with van der Waals surface area (Å²) in [5, 5.41) is 40.1. The van der Waals surface area contributed by atoms with Crippen molar-refractivity contribution in [2.75, 3.05) is 0 Å². The summed E-state index contributed by atoms with van der Waals surface area (Å²) in [6, 6.07) is 12.9. The van der Waals surface area contributed by atoms with Gasteiger partial charge >= 0.3 is 17.9 Å². The van der Waals surface area contributed by atoms with Gasteiger partial charge in [-0.05, 0) is 28.8 Å². The molecule has 0 amide bonds. The fourth-order valence-corrected chi connectivity index (χ4v) is 3.27. The Morgan fingerprint density at radius 1 is 0.725 bits per heavy atom. The maximum Gasteiger partial charge on any atom is 0.357 e. The quantitative estimate of drug-likeness (QED) is 0.0968. The van der Waals surface area contributed by atoms with Crippen LogP contribution in [0.2, 0.25) is 0 Å². The zero-order valence-corrected chi connectivity index (χ0v) is 20.3. The summed E-state index contributed by atoms with van der Waals surface area (Å²) in [4.78, 5) is 69.8. The molecule has 3 aromatic rings. The molecule has 208 valence electrons. The number of carbonyl (C=O) groups is 3. The predicted molar refractivity (Wildman–Crippen MR) is 132 cm³/mol. The van der Waals surface area contributed by atoms with Crippen molar-refractivity contribution in [1.82, 2.24) is 11.0 Å². The standard InChI is InChI=1S/C24H20N4O12/c29-22(30)20-9-17(27(34)35)6-5-16(20)13-38-40-26-12-15-3-1-14(2-4-15)11-25-39-24(33)19-8-7-18(28(36)37)10-21(19)23(31)32/h1-10,25-26H,11-13H2,(H,29,30)(H,31,32). The highest BCUT2D eigenvalue weighted by atomic mass is 17.3. The van der Waals surface area contributed by atoms with E-state index in [1.54, 1.807) is 24.3 Å². The van der Waals surface area contributed by atoms with Gasteiger partial charge in [0.1, 0.15) is 6.61 Å². The van der Waals surface area contributed by atoms with Crippen molar-refractivity contribution < 1.29 is 49.2 Å². The lowest BCUT2D eigenvalue weighted by atomic mass is 10.1. The molecule has 0 radical (unpaired) electrons. The van der Waals surface area contributed by atoms with Gasteiger partial charge in [0.25, 0.3) is 11.4 Å². The van der Waals surface area contributed by atoms with Crippen molar-refractivity contribution in [3.8, 4) is 0 Å². The maximum atomic E-state index is 12.2. The number of hydroxylamine groups is 2. The molecule has 0 unspecified atom stereocenters. The van der Waals surface area contributed by atoms with Crippen LogP contribution in [-0.2, 0) is 34.4 Å². The van der Waals surface area contributed by atoms with Crippen molar-refractivity contribution in [3.63, 3.8) is 0 Å². The van der Waals surface area contributed by atoms with E-state index in [4.69, 9.17) is 14.7 Å². The topological polar surface area (TPSA) is 230 Å². The lowest BCUT2D eigenvalue weighted by molar-refractivity contribution is -0.385. The summed E-state index contributed by atoms with van der Waals surface area (Å²) in [7, 11) is 0.